The van der Waals surface area contributed by atoms with Crippen molar-refractivity contribution < 1.29 is 4.92 Å². The predicted molar refractivity (Wildman–Crippen MR) is 88.9 cm³/mol. The maximum atomic E-state index is 11.3. The van der Waals surface area contributed by atoms with E-state index in [0.29, 0.717) is 6.04 Å². The van der Waals surface area contributed by atoms with Crippen LogP contribution in [0.15, 0.2) is 22.7 Å². The van der Waals surface area contributed by atoms with Crippen molar-refractivity contribution in [1.82, 2.24) is 5.32 Å². The standard InChI is InChI=1S/C15H22BrN3O2/c1-2-9-18(11-13-5-3-4-8-17-13)14-7-6-12(16)10-15(14)19(20)21/h6-7,10,13,17H,2-5,8-9,11H2,1H3. The Kier molecular flexibility index (Phi) is 5.99. The van der Waals surface area contributed by atoms with E-state index in [1.54, 1.807) is 6.07 Å². The van der Waals surface area contributed by atoms with Crippen LogP contribution in [-0.2, 0) is 0 Å². The summed E-state index contributed by atoms with van der Waals surface area (Å²) in [5, 5.41) is 14.8. The first-order chi connectivity index (χ1) is 10.1. The molecule has 0 aliphatic carbocycles. The second-order valence-corrected chi connectivity index (χ2v) is 6.40. The van der Waals surface area contributed by atoms with Crippen molar-refractivity contribution in [3.63, 3.8) is 0 Å². The minimum Gasteiger partial charge on any atom is -0.364 e. The SMILES string of the molecule is CCCN(CC1CCCCN1)c1ccc(Br)cc1[N+](=O)[O-]. The molecule has 1 aliphatic heterocycles. The normalized spacial score (nSPS) is 18.5. The Morgan fingerprint density at radius 1 is 1.48 bits per heavy atom. The molecule has 6 heteroatoms. The summed E-state index contributed by atoms with van der Waals surface area (Å²) in [6.07, 6.45) is 4.58. The summed E-state index contributed by atoms with van der Waals surface area (Å²) in [5.74, 6) is 0. The average Bonchev–Trinajstić information content (AvgIpc) is 2.48. The fraction of sp³-hybridized carbons (Fsp3) is 0.600. The molecule has 1 aliphatic rings. The Morgan fingerprint density at radius 2 is 2.29 bits per heavy atom. The molecule has 0 aromatic heterocycles. The van der Waals surface area contributed by atoms with Crippen LogP contribution in [0, 0.1) is 10.1 Å². The largest absolute Gasteiger partial charge is 0.364 e. The molecule has 1 aromatic carbocycles. The zero-order valence-corrected chi connectivity index (χ0v) is 13.9. The van der Waals surface area contributed by atoms with E-state index in [0.717, 1.165) is 42.6 Å². The number of hydrogen-bond acceptors (Lipinski definition) is 4. The van der Waals surface area contributed by atoms with Gasteiger partial charge >= 0.3 is 0 Å². The van der Waals surface area contributed by atoms with Crippen molar-refractivity contribution in [1.29, 1.82) is 0 Å². The first kappa shape index (κ1) is 16.2. The van der Waals surface area contributed by atoms with Crippen LogP contribution in [0.3, 0.4) is 0 Å². The summed E-state index contributed by atoms with van der Waals surface area (Å²) < 4.78 is 0.741. The van der Waals surface area contributed by atoms with Crippen LogP contribution in [-0.4, -0.2) is 30.6 Å². The topological polar surface area (TPSA) is 58.4 Å². The van der Waals surface area contributed by atoms with E-state index in [4.69, 9.17) is 0 Å². The number of rotatable bonds is 6. The van der Waals surface area contributed by atoms with Crippen molar-refractivity contribution in [3.05, 3.63) is 32.8 Å². The first-order valence-electron chi connectivity index (χ1n) is 7.54. The van der Waals surface area contributed by atoms with Crippen molar-refractivity contribution in [2.24, 2.45) is 0 Å². The molecule has 0 radical (unpaired) electrons. The molecule has 1 atom stereocenters. The van der Waals surface area contributed by atoms with Crippen LogP contribution in [0.4, 0.5) is 11.4 Å². The van der Waals surface area contributed by atoms with Gasteiger partial charge in [0, 0.05) is 29.7 Å². The Labute approximate surface area is 134 Å². The Balaban J connectivity index is 2.22. The second kappa shape index (κ2) is 7.75. The third-order valence-electron chi connectivity index (χ3n) is 3.82. The van der Waals surface area contributed by atoms with Gasteiger partial charge in [-0.3, -0.25) is 10.1 Å². The minimum absolute atomic E-state index is 0.175. The molecule has 5 nitrogen and oxygen atoms in total. The number of anilines is 1. The molecule has 1 N–H and O–H groups in total. The maximum absolute atomic E-state index is 11.3. The second-order valence-electron chi connectivity index (χ2n) is 5.48. The highest BCUT2D eigenvalue weighted by atomic mass is 79.9. The van der Waals surface area contributed by atoms with Crippen LogP contribution in [0.1, 0.15) is 32.6 Å². The molecule has 1 unspecified atom stereocenters. The Bertz CT molecular complexity index is 490. The number of nitrogens with one attached hydrogen (secondary N) is 1. The fourth-order valence-electron chi connectivity index (χ4n) is 2.84. The summed E-state index contributed by atoms with van der Waals surface area (Å²) in [4.78, 5) is 13.2. The van der Waals surface area contributed by atoms with Crippen molar-refractivity contribution in [2.45, 2.75) is 38.6 Å². The van der Waals surface area contributed by atoms with Gasteiger partial charge in [0.2, 0.25) is 0 Å². The number of nitro groups is 1. The third-order valence-corrected chi connectivity index (χ3v) is 4.31. The van der Waals surface area contributed by atoms with Crippen LogP contribution in [0.25, 0.3) is 0 Å². The van der Waals surface area contributed by atoms with Crippen molar-refractivity contribution in [2.75, 3.05) is 24.5 Å². The van der Waals surface area contributed by atoms with Gasteiger partial charge in [-0.25, -0.2) is 0 Å². The van der Waals surface area contributed by atoms with E-state index < -0.39 is 0 Å². The lowest BCUT2D eigenvalue weighted by Crippen LogP contribution is -2.44. The summed E-state index contributed by atoms with van der Waals surface area (Å²) in [6.45, 7) is 4.82. The molecular formula is C15H22BrN3O2. The van der Waals surface area contributed by atoms with E-state index in [2.05, 4.69) is 33.1 Å². The molecule has 1 fully saturated rings. The summed E-state index contributed by atoms with van der Waals surface area (Å²) in [6, 6.07) is 5.74. The van der Waals surface area contributed by atoms with Gasteiger partial charge < -0.3 is 10.2 Å². The van der Waals surface area contributed by atoms with Crippen LogP contribution in [0.2, 0.25) is 0 Å². The van der Waals surface area contributed by atoms with E-state index in [9.17, 15) is 10.1 Å². The molecule has 0 spiro atoms. The van der Waals surface area contributed by atoms with E-state index in [1.807, 2.05) is 12.1 Å². The van der Waals surface area contributed by atoms with Gasteiger partial charge in [-0.15, -0.1) is 0 Å². The van der Waals surface area contributed by atoms with Crippen LogP contribution in [0.5, 0.6) is 0 Å². The molecule has 0 bridgehead atoms. The molecule has 0 amide bonds. The number of piperidine rings is 1. The molecule has 1 heterocycles. The lowest BCUT2D eigenvalue weighted by atomic mass is 10.0. The summed E-state index contributed by atoms with van der Waals surface area (Å²) in [5.41, 5.74) is 0.894. The number of hydrogen-bond donors (Lipinski definition) is 1. The van der Waals surface area contributed by atoms with Gasteiger partial charge in [-0.05, 0) is 37.9 Å². The van der Waals surface area contributed by atoms with Gasteiger partial charge in [-0.1, -0.05) is 29.3 Å². The fourth-order valence-corrected chi connectivity index (χ4v) is 3.19. The summed E-state index contributed by atoms with van der Waals surface area (Å²) in [7, 11) is 0. The van der Waals surface area contributed by atoms with E-state index in [1.165, 1.54) is 12.8 Å². The van der Waals surface area contributed by atoms with Gasteiger partial charge in [0.05, 0.1) is 4.92 Å². The van der Waals surface area contributed by atoms with Crippen molar-refractivity contribution >= 4 is 27.3 Å². The average molecular weight is 356 g/mol. The molecular weight excluding hydrogens is 334 g/mol. The lowest BCUT2D eigenvalue weighted by molar-refractivity contribution is -0.384. The molecule has 116 valence electrons. The van der Waals surface area contributed by atoms with Gasteiger partial charge in [0.1, 0.15) is 5.69 Å². The highest BCUT2D eigenvalue weighted by Crippen LogP contribution is 2.31. The highest BCUT2D eigenvalue weighted by molar-refractivity contribution is 9.10. The summed E-state index contributed by atoms with van der Waals surface area (Å²) >= 11 is 3.32. The first-order valence-corrected chi connectivity index (χ1v) is 8.33. The van der Waals surface area contributed by atoms with Crippen LogP contribution >= 0.6 is 15.9 Å². The van der Waals surface area contributed by atoms with Crippen molar-refractivity contribution in [3.8, 4) is 0 Å². The number of nitro benzene ring substituents is 1. The molecule has 2 rings (SSSR count). The highest BCUT2D eigenvalue weighted by Gasteiger charge is 2.23. The maximum Gasteiger partial charge on any atom is 0.293 e. The molecule has 21 heavy (non-hydrogen) atoms. The van der Waals surface area contributed by atoms with E-state index >= 15 is 0 Å². The predicted octanol–water partition coefficient (Wildman–Crippen LogP) is 3.72. The minimum atomic E-state index is -0.295. The third kappa shape index (κ3) is 4.41. The zero-order valence-electron chi connectivity index (χ0n) is 12.3. The zero-order chi connectivity index (χ0) is 15.2. The van der Waals surface area contributed by atoms with E-state index in [-0.39, 0.29) is 10.6 Å². The lowest BCUT2D eigenvalue weighted by Gasteiger charge is -2.31. The molecule has 0 saturated carbocycles. The number of nitrogens with zero attached hydrogens (tertiary/aromatic N) is 2. The van der Waals surface area contributed by atoms with Crippen LogP contribution < -0.4 is 10.2 Å². The van der Waals surface area contributed by atoms with Gasteiger partial charge in [0.15, 0.2) is 0 Å². The van der Waals surface area contributed by atoms with Gasteiger partial charge in [0.25, 0.3) is 5.69 Å². The monoisotopic (exact) mass is 355 g/mol. The Hall–Kier alpha value is -1.14. The molecule has 1 saturated heterocycles. The van der Waals surface area contributed by atoms with Gasteiger partial charge in [-0.2, -0.15) is 0 Å². The Morgan fingerprint density at radius 3 is 2.90 bits per heavy atom. The quantitative estimate of drug-likeness (QED) is 0.624. The number of halogens is 1. The number of benzene rings is 1. The molecule has 1 aromatic rings. The smallest absolute Gasteiger partial charge is 0.293 e.